The third-order valence-electron chi connectivity index (χ3n) is 22.6. The van der Waals surface area contributed by atoms with Crippen LogP contribution < -0.4 is 0 Å². The van der Waals surface area contributed by atoms with E-state index in [1.165, 1.54) is 36.8 Å². The number of hydrogen-bond acceptors (Lipinski definition) is 8. The van der Waals surface area contributed by atoms with Gasteiger partial charge in [0.2, 0.25) is 0 Å². The normalized spacial score (nSPS) is 53.4. The average Bonchev–Trinajstić information content (AvgIpc) is 3.92. The first-order chi connectivity index (χ1) is 31.3. The van der Waals surface area contributed by atoms with Gasteiger partial charge < -0.3 is 28.4 Å². The summed E-state index contributed by atoms with van der Waals surface area (Å²) in [5.41, 5.74) is 10.0. The standard InChI is InChI=1S/C58H82O8/c1-31-11-21-57(61-29-31)33(3)51-47(65-57)27-45-49-41(25-37-23-39(63-35(5)59)13-17-53(37,7)43(49)15-19-55(45,51)9)42-26-38-24-40(64-36(6)60)14-18-54(38,8)44-16-20-56(10)46(50(42)44)28-48-52(56)34(4)58(66-48)22-12-32(2)30-62-58/h25-26,31-34,39-42,45-48,51-52H,11-24,27-30H2,1-10H3/t31-,32-,33+,34+,39+,40+,41-,42+,45-,46+,47-,48-,51-,52+,53-,54+,55+,56+,57+,58+/m0/s1. The number of ether oxygens (including phenoxy) is 6. The van der Waals surface area contributed by atoms with E-state index in [0.29, 0.717) is 47.3 Å². The average molecular weight is 907 g/mol. The minimum absolute atomic E-state index is 0.0445. The van der Waals surface area contributed by atoms with Gasteiger partial charge in [0.25, 0.3) is 0 Å². The summed E-state index contributed by atoms with van der Waals surface area (Å²) in [6.07, 6.45) is 22.3. The lowest BCUT2D eigenvalue weighted by Gasteiger charge is -2.58. The molecule has 12 rings (SSSR count). The van der Waals surface area contributed by atoms with E-state index in [2.05, 4.69) is 67.5 Å². The zero-order chi connectivity index (χ0) is 46.1. The van der Waals surface area contributed by atoms with Crippen LogP contribution in [0.1, 0.15) is 172 Å². The van der Waals surface area contributed by atoms with Crippen LogP contribution in [-0.4, -0.2) is 61.1 Å². The van der Waals surface area contributed by atoms with Gasteiger partial charge in [-0.05, 0) is 123 Å². The van der Waals surface area contributed by atoms with E-state index in [1.807, 2.05) is 0 Å². The molecule has 4 saturated heterocycles. The van der Waals surface area contributed by atoms with Crippen molar-refractivity contribution in [2.45, 2.75) is 208 Å². The van der Waals surface area contributed by atoms with Crippen LogP contribution in [0, 0.1) is 80.8 Å². The summed E-state index contributed by atoms with van der Waals surface area (Å²) in [5, 5.41) is 0. The fraction of sp³-hybridized carbons (Fsp3) is 0.828. The number of fused-ring (bicyclic) bond motifs is 12. The van der Waals surface area contributed by atoms with Crippen LogP contribution in [-0.2, 0) is 38.0 Å². The smallest absolute Gasteiger partial charge is 0.302 e. The molecule has 0 unspecified atom stereocenters. The summed E-state index contributed by atoms with van der Waals surface area (Å²) < 4.78 is 40.5. The van der Waals surface area contributed by atoms with Gasteiger partial charge in [-0.2, -0.15) is 0 Å². The van der Waals surface area contributed by atoms with Crippen molar-refractivity contribution in [1.29, 1.82) is 0 Å². The summed E-state index contributed by atoms with van der Waals surface area (Å²) in [5.74, 6) is 2.78. The highest BCUT2D eigenvalue weighted by atomic mass is 16.7. The monoisotopic (exact) mass is 907 g/mol. The minimum atomic E-state index is -0.451. The Kier molecular flexibility index (Phi) is 10.3. The molecule has 4 saturated carbocycles. The van der Waals surface area contributed by atoms with Crippen molar-refractivity contribution in [2.24, 2.45) is 80.8 Å². The highest BCUT2D eigenvalue weighted by Gasteiger charge is 2.70. The molecular formula is C58H82O8. The van der Waals surface area contributed by atoms with Gasteiger partial charge in [-0.25, -0.2) is 0 Å². The molecule has 4 aliphatic heterocycles. The number of hydrogen-bond donors (Lipinski definition) is 0. The molecule has 20 atom stereocenters. The van der Waals surface area contributed by atoms with Crippen molar-refractivity contribution in [3.63, 3.8) is 0 Å². The first-order valence-electron chi connectivity index (χ1n) is 27.2. The quantitative estimate of drug-likeness (QED) is 0.204. The van der Waals surface area contributed by atoms with E-state index in [1.54, 1.807) is 36.1 Å². The number of allylic oxidation sites excluding steroid dienone is 6. The van der Waals surface area contributed by atoms with Crippen LogP contribution in [0.4, 0.5) is 0 Å². The first-order valence-corrected chi connectivity index (χ1v) is 27.2. The predicted molar refractivity (Wildman–Crippen MR) is 252 cm³/mol. The lowest BCUT2D eigenvalue weighted by molar-refractivity contribution is -0.271. The molecule has 8 aliphatic carbocycles. The maximum Gasteiger partial charge on any atom is 0.302 e. The maximum atomic E-state index is 12.5. The Labute approximate surface area is 396 Å². The molecule has 8 nitrogen and oxygen atoms in total. The molecule has 362 valence electrons. The Morgan fingerprint density at radius 3 is 1.35 bits per heavy atom. The van der Waals surface area contributed by atoms with Crippen molar-refractivity contribution in [1.82, 2.24) is 0 Å². The lowest BCUT2D eigenvalue weighted by Crippen LogP contribution is -2.50. The topological polar surface area (TPSA) is 89.5 Å². The molecule has 8 heteroatoms. The van der Waals surface area contributed by atoms with Crippen molar-refractivity contribution in [2.75, 3.05) is 13.2 Å². The van der Waals surface area contributed by atoms with E-state index < -0.39 is 11.6 Å². The summed E-state index contributed by atoms with van der Waals surface area (Å²) in [6, 6.07) is 0. The fourth-order valence-electron chi connectivity index (χ4n) is 19.2. The maximum absolute atomic E-state index is 12.5. The highest BCUT2D eigenvalue weighted by Crippen LogP contribution is 2.74. The van der Waals surface area contributed by atoms with Crippen LogP contribution >= 0.6 is 0 Å². The van der Waals surface area contributed by atoms with Gasteiger partial charge in [0.1, 0.15) is 12.2 Å². The van der Waals surface area contributed by atoms with E-state index in [9.17, 15) is 9.59 Å². The highest BCUT2D eigenvalue weighted by molar-refractivity contribution is 5.66. The number of carbonyl (C=O) groups excluding carboxylic acids is 2. The first kappa shape index (κ1) is 44.9. The third kappa shape index (κ3) is 6.20. The van der Waals surface area contributed by atoms with Gasteiger partial charge >= 0.3 is 11.9 Å². The second-order valence-corrected chi connectivity index (χ2v) is 26.0. The molecule has 66 heavy (non-hydrogen) atoms. The van der Waals surface area contributed by atoms with E-state index >= 15 is 0 Å². The molecule has 4 heterocycles. The Morgan fingerprint density at radius 1 is 0.576 bits per heavy atom. The van der Waals surface area contributed by atoms with Gasteiger partial charge in [0.05, 0.1) is 25.4 Å². The molecule has 0 aromatic heterocycles. The molecule has 0 radical (unpaired) electrons. The second-order valence-electron chi connectivity index (χ2n) is 26.0. The van der Waals surface area contributed by atoms with Gasteiger partial charge in [0, 0.05) is 74.0 Å². The summed E-state index contributed by atoms with van der Waals surface area (Å²) in [7, 11) is 0. The van der Waals surface area contributed by atoms with Crippen molar-refractivity contribution < 1.29 is 38.0 Å². The van der Waals surface area contributed by atoms with Gasteiger partial charge in [-0.15, -0.1) is 0 Å². The Morgan fingerprint density at radius 2 is 0.985 bits per heavy atom. The van der Waals surface area contributed by atoms with Crippen LogP contribution in [0.2, 0.25) is 0 Å². The van der Waals surface area contributed by atoms with Crippen molar-refractivity contribution in [3.8, 4) is 0 Å². The van der Waals surface area contributed by atoms with Crippen molar-refractivity contribution in [3.05, 3.63) is 45.6 Å². The van der Waals surface area contributed by atoms with E-state index in [0.717, 1.165) is 90.3 Å². The van der Waals surface area contributed by atoms with Gasteiger partial charge in [-0.3, -0.25) is 9.59 Å². The van der Waals surface area contributed by atoms with Crippen LogP contribution in [0.25, 0.3) is 0 Å². The SMILES string of the molecule is CC(=O)O[C@@H]1CC[C@@]2(C)C(=C[C@@H]([C@H]3C=C4C[C@H](OC(C)=O)CC[C@@]4(C)C4=C3[C@H]3C[C@@H]5O[C@]6(CC[C@H](C)CO6)[C@H](C)[C@H]5[C@]3(C)CC4)C3=C2CC[C@@]2(C)[C@@H]4[C@H](C[C@@H]32)O[C@]2(CC[C@H](C)CO2)[C@@H]4C)C1. The zero-order valence-corrected chi connectivity index (χ0v) is 42.2. The fourth-order valence-corrected chi connectivity index (χ4v) is 19.2. The number of rotatable bonds is 3. The molecule has 0 aromatic rings. The van der Waals surface area contributed by atoms with Crippen LogP contribution in [0.5, 0.6) is 0 Å². The summed E-state index contributed by atoms with van der Waals surface area (Å²) >= 11 is 0. The molecule has 0 aromatic carbocycles. The number of esters is 2. The summed E-state index contributed by atoms with van der Waals surface area (Å²) in [4.78, 5) is 25.1. The van der Waals surface area contributed by atoms with Crippen LogP contribution in [0.3, 0.4) is 0 Å². The van der Waals surface area contributed by atoms with E-state index in [4.69, 9.17) is 28.4 Å². The Hall–Kier alpha value is -2.26. The second kappa shape index (κ2) is 15.1. The Balaban J connectivity index is 0.992. The predicted octanol–water partition coefficient (Wildman–Crippen LogP) is 12.2. The molecule has 8 fully saturated rings. The van der Waals surface area contributed by atoms with Crippen molar-refractivity contribution >= 4 is 11.9 Å². The third-order valence-corrected chi connectivity index (χ3v) is 22.6. The zero-order valence-electron chi connectivity index (χ0n) is 42.2. The molecule has 0 amide bonds. The van der Waals surface area contributed by atoms with Gasteiger partial charge in [0.15, 0.2) is 11.6 Å². The molecule has 12 aliphatic rings. The molecule has 0 bridgehead atoms. The molecule has 2 spiro atoms. The Bertz CT molecular complexity index is 2030. The molecular weight excluding hydrogens is 825 g/mol. The largest absolute Gasteiger partial charge is 0.462 e. The van der Waals surface area contributed by atoms with E-state index in [-0.39, 0.29) is 69.9 Å². The summed E-state index contributed by atoms with van der Waals surface area (Å²) in [6.45, 7) is 24.8. The lowest BCUT2D eigenvalue weighted by atomic mass is 9.47. The van der Waals surface area contributed by atoms with Gasteiger partial charge in [-0.1, -0.05) is 101 Å². The van der Waals surface area contributed by atoms with Crippen LogP contribution in [0.15, 0.2) is 45.6 Å². The minimum Gasteiger partial charge on any atom is -0.462 e. The molecule has 0 N–H and O–H groups in total. The number of carbonyl (C=O) groups is 2.